The highest BCUT2D eigenvalue weighted by Crippen LogP contribution is 2.14. The summed E-state index contributed by atoms with van der Waals surface area (Å²) in [5, 5.41) is 8.85. The summed E-state index contributed by atoms with van der Waals surface area (Å²) >= 11 is 0. The summed E-state index contributed by atoms with van der Waals surface area (Å²) in [5.41, 5.74) is 0.987. The van der Waals surface area contributed by atoms with Crippen molar-refractivity contribution in [3.63, 3.8) is 0 Å². The van der Waals surface area contributed by atoms with Crippen LogP contribution in [0.4, 0.5) is 4.79 Å². The molecule has 0 atom stereocenters. The Balaban J connectivity index is 2.08. The van der Waals surface area contributed by atoms with E-state index < -0.39 is 6.09 Å². The van der Waals surface area contributed by atoms with Crippen LogP contribution in [-0.2, 0) is 0 Å². The lowest BCUT2D eigenvalue weighted by Gasteiger charge is -2.28. The number of carbonyl (C=O) groups is 1. The zero-order valence-corrected chi connectivity index (χ0v) is 8.21. The van der Waals surface area contributed by atoms with Gasteiger partial charge in [0.25, 0.3) is 0 Å². The maximum absolute atomic E-state index is 10.8. The van der Waals surface area contributed by atoms with Crippen molar-refractivity contribution in [1.82, 2.24) is 9.80 Å². The predicted octanol–water partition coefficient (Wildman–Crippen LogP) is 1.76. The third-order valence-electron chi connectivity index (χ3n) is 2.32. The first-order chi connectivity index (χ1) is 7.27. The molecule has 0 unspecified atom stereocenters. The van der Waals surface area contributed by atoms with Crippen LogP contribution in [-0.4, -0.2) is 34.1 Å². The summed E-state index contributed by atoms with van der Waals surface area (Å²) in [7, 11) is 0. The Kier molecular flexibility index (Phi) is 2.58. The van der Waals surface area contributed by atoms with Gasteiger partial charge in [0.2, 0.25) is 0 Å². The first-order valence-electron chi connectivity index (χ1n) is 4.74. The second-order valence-corrected chi connectivity index (χ2v) is 3.33. The van der Waals surface area contributed by atoms with Crippen molar-refractivity contribution in [2.45, 2.75) is 0 Å². The Bertz CT molecular complexity index is 380. The Labute approximate surface area is 88.1 Å². The van der Waals surface area contributed by atoms with Crippen LogP contribution in [0.1, 0.15) is 0 Å². The Morgan fingerprint density at radius 1 is 1.27 bits per heavy atom. The number of rotatable bonds is 1. The lowest BCUT2D eigenvalue weighted by Crippen LogP contribution is -2.33. The monoisotopic (exact) mass is 204 g/mol. The maximum Gasteiger partial charge on any atom is 0.411 e. The van der Waals surface area contributed by atoms with Crippen molar-refractivity contribution in [1.29, 1.82) is 0 Å². The van der Waals surface area contributed by atoms with Gasteiger partial charge in [0.05, 0.1) is 6.54 Å². The molecule has 0 aliphatic carbocycles. The van der Waals surface area contributed by atoms with Crippen LogP contribution < -0.4 is 0 Å². The molecule has 0 spiro atoms. The third-order valence-corrected chi connectivity index (χ3v) is 2.32. The highest BCUT2D eigenvalue weighted by Gasteiger charge is 2.16. The molecule has 2 aliphatic rings. The number of allylic oxidation sites excluding steroid dienone is 4. The van der Waals surface area contributed by atoms with Gasteiger partial charge in [-0.15, -0.1) is 0 Å². The van der Waals surface area contributed by atoms with Crippen LogP contribution in [0.5, 0.6) is 0 Å². The number of hydrogen-bond donors (Lipinski definition) is 1. The van der Waals surface area contributed by atoms with E-state index in [1.165, 1.54) is 4.90 Å². The van der Waals surface area contributed by atoms with Crippen molar-refractivity contribution in [3.05, 3.63) is 48.5 Å². The minimum atomic E-state index is -0.923. The third kappa shape index (κ3) is 2.10. The van der Waals surface area contributed by atoms with E-state index in [0.29, 0.717) is 6.54 Å². The molecule has 0 aromatic heterocycles. The summed E-state index contributed by atoms with van der Waals surface area (Å²) < 4.78 is 0. The second-order valence-electron chi connectivity index (χ2n) is 3.33. The smallest absolute Gasteiger partial charge is 0.411 e. The maximum atomic E-state index is 10.8. The molecular weight excluding hydrogens is 192 g/mol. The van der Waals surface area contributed by atoms with Crippen molar-refractivity contribution in [3.8, 4) is 0 Å². The van der Waals surface area contributed by atoms with Gasteiger partial charge in [-0.05, 0) is 18.2 Å². The van der Waals surface area contributed by atoms with E-state index in [1.807, 2.05) is 35.4 Å². The van der Waals surface area contributed by atoms with Crippen molar-refractivity contribution >= 4 is 6.09 Å². The Hall–Kier alpha value is -1.97. The fourth-order valence-electron chi connectivity index (χ4n) is 1.54. The van der Waals surface area contributed by atoms with Gasteiger partial charge in [0.1, 0.15) is 0 Å². The zero-order valence-electron chi connectivity index (χ0n) is 8.21. The first-order valence-corrected chi connectivity index (χ1v) is 4.74. The molecule has 78 valence electrons. The molecule has 0 bridgehead atoms. The van der Waals surface area contributed by atoms with E-state index in [0.717, 1.165) is 12.2 Å². The van der Waals surface area contributed by atoms with Crippen molar-refractivity contribution in [2.24, 2.45) is 0 Å². The first kappa shape index (κ1) is 9.58. The molecule has 4 nitrogen and oxygen atoms in total. The van der Waals surface area contributed by atoms with Crippen LogP contribution in [0.2, 0.25) is 0 Å². The van der Waals surface area contributed by atoms with Crippen LogP contribution in [0.15, 0.2) is 48.5 Å². The molecule has 15 heavy (non-hydrogen) atoms. The van der Waals surface area contributed by atoms with Gasteiger partial charge in [-0.25, -0.2) is 4.79 Å². The molecule has 4 heteroatoms. The molecule has 2 aliphatic heterocycles. The molecule has 0 saturated carbocycles. The summed E-state index contributed by atoms with van der Waals surface area (Å²) in [6.45, 7) is 1.20. The summed E-state index contributed by atoms with van der Waals surface area (Å²) in [5.74, 6) is 0. The highest BCUT2D eigenvalue weighted by molar-refractivity contribution is 5.67. The SMILES string of the molecule is O=C(O)N1C=CC=C(N2C=CC=CC2)C1. The Morgan fingerprint density at radius 3 is 2.80 bits per heavy atom. The fourth-order valence-corrected chi connectivity index (χ4v) is 1.54. The molecule has 1 amide bonds. The van der Waals surface area contributed by atoms with Crippen LogP contribution in [0.25, 0.3) is 0 Å². The van der Waals surface area contributed by atoms with E-state index >= 15 is 0 Å². The molecule has 0 aromatic carbocycles. The van der Waals surface area contributed by atoms with Gasteiger partial charge in [-0.2, -0.15) is 0 Å². The molecule has 0 radical (unpaired) electrons. The van der Waals surface area contributed by atoms with E-state index in [4.69, 9.17) is 5.11 Å². The van der Waals surface area contributed by atoms with Gasteiger partial charge in [-0.1, -0.05) is 12.2 Å². The molecular formula is C11H12N2O2. The van der Waals surface area contributed by atoms with Crippen LogP contribution in [0, 0.1) is 0 Å². The lowest BCUT2D eigenvalue weighted by atomic mass is 10.2. The molecule has 1 N–H and O–H groups in total. The van der Waals surface area contributed by atoms with Crippen molar-refractivity contribution in [2.75, 3.05) is 13.1 Å². The lowest BCUT2D eigenvalue weighted by molar-refractivity contribution is 0.163. The number of amides is 1. The minimum Gasteiger partial charge on any atom is -0.465 e. The van der Waals surface area contributed by atoms with E-state index in [2.05, 4.69) is 0 Å². The van der Waals surface area contributed by atoms with Gasteiger partial charge >= 0.3 is 6.09 Å². The van der Waals surface area contributed by atoms with E-state index in [1.54, 1.807) is 12.3 Å². The fraction of sp³-hybridized carbons (Fsp3) is 0.182. The standard InChI is InChI=1S/C11H12N2O2/c14-11(15)13-8-4-5-10(9-13)12-6-2-1-3-7-12/h1-6,8H,7,9H2,(H,14,15). The number of nitrogens with zero attached hydrogens (tertiary/aromatic N) is 2. The molecule has 0 fully saturated rings. The molecule has 0 aromatic rings. The predicted molar refractivity (Wildman–Crippen MR) is 56.9 cm³/mol. The number of hydrogen-bond acceptors (Lipinski definition) is 2. The van der Waals surface area contributed by atoms with Crippen molar-refractivity contribution < 1.29 is 9.90 Å². The normalized spacial score (nSPS) is 19.3. The second kappa shape index (κ2) is 4.04. The van der Waals surface area contributed by atoms with Crippen LogP contribution >= 0.6 is 0 Å². The number of carboxylic acid groups (broad SMARTS) is 1. The van der Waals surface area contributed by atoms with Gasteiger partial charge in [0, 0.05) is 24.6 Å². The summed E-state index contributed by atoms with van der Waals surface area (Å²) in [6, 6.07) is 0. The summed E-state index contributed by atoms with van der Waals surface area (Å²) in [4.78, 5) is 14.1. The highest BCUT2D eigenvalue weighted by atomic mass is 16.4. The largest absolute Gasteiger partial charge is 0.465 e. The molecule has 0 saturated heterocycles. The van der Waals surface area contributed by atoms with E-state index in [9.17, 15) is 4.79 Å². The van der Waals surface area contributed by atoms with Gasteiger partial charge < -0.3 is 10.0 Å². The molecule has 2 rings (SSSR count). The average molecular weight is 204 g/mol. The quantitative estimate of drug-likeness (QED) is 0.707. The topological polar surface area (TPSA) is 43.8 Å². The minimum absolute atomic E-state index is 0.407. The average Bonchev–Trinajstić information content (AvgIpc) is 2.30. The summed E-state index contributed by atoms with van der Waals surface area (Å²) in [6.07, 6.45) is 12.2. The van der Waals surface area contributed by atoms with Gasteiger partial charge in [-0.3, -0.25) is 4.90 Å². The van der Waals surface area contributed by atoms with Crippen LogP contribution in [0.3, 0.4) is 0 Å². The van der Waals surface area contributed by atoms with E-state index in [-0.39, 0.29) is 0 Å². The van der Waals surface area contributed by atoms with Gasteiger partial charge in [0.15, 0.2) is 0 Å². The molecule has 2 heterocycles. The zero-order chi connectivity index (χ0) is 10.7. The Morgan fingerprint density at radius 2 is 2.13 bits per heavy atom.